The summed E-state index contributed by atoms with van der Waals surface area (Å²) in [5, 5.41) is 0. The van der Waals surface area contributed by atoms with Crippen molar-refractivity contribution < 1.29 is 4.74 Å². The normalized spacial score (nSPS) is 15.2. The Bertz CT molecular complexity index is 422. The summed E-state index contributed by atoms with van der Waals surface area (Å²) in [5.41, 5.74) is 4.51. The van der Waals surface area contributed by atoms with Crippen LogP contribution in [0.15, 0.2) is 12.1 Å². The van der Waals surface area contributed by atoms with E-state index in [1.165, 1.54) is 74.7 Å². The first-order valence-corrected chi connectivity index (χ1v) is 8.54. The lowest BCUT2D eigenvalue weighted by Crippen LogP contribution is -2.17. The summed E-state index contributed by atoms with van der Waals surface area (Å²) >= 11 is 0. The monoisotopic (exact) mass is 274 g/mol. The summed E-state index contributed by atoms with van der Waals surface area (Å²) in [6, 6.07) is 4.45. The van der Waals surface area contributed by atoms with Crippen LogP contribution in [0.1, 0.15) is 75.5 Å². The lowest BCUT2D eigenvalue weighted by atomic mass is 10.0. The van der Waals surface area contributed by atoms with Crippen molar-refractivity contribution in [3.63, 3.8) is 0 Å². The van der Waals surface area contributed by atoms with Crippen LogP contribution in [0.4, 0.5) is 0 Å². The van der Waals surface area contributed by atoms with Gasteiger partial charge in [-0.15, -0.1) is 0 Å². The number of rotatable bonds is 8. The average Bonchev–Trinajstić information content (AvgIpc) is 2.93. The Morgan fingerprint density at radius 1 is 1.00 bits per heavy atom. The van der Waals surface area contributed by atoms with Crippen molar-refractivity contribution in [1.82, 2.24) is 0 Å². The Kier molecular flexibility index (Phi) is 5.94. The van der Waals surface area contributed by atoms with Crippen molar-refractivity contribution in [2.75, 3.05) is 0 Å². The van der Waals surface area contributed by atoms with Gasteiger partial charge in [-0.25, -0.2) is 0 Å². The molecule has 0 radical (unpaired) electrons. The molecule has 112 valence electrons. The molecular weight excluding hydrogens is 244 g/mol. The van der Waals surface area contributed by atoms with Gasteiger partial charge < -0.3 is 4.74 Å². The zero-order valence-electron chi connectivity index (χ0n) is 13.5. The first kappa shape index (κ1) is 15.4. The summed E-state index contributed by atoms with van der Waals surface area (Å²) in [6.07, 6.45) is 11.7. The van der Waals surface area contributed by atoms with Crippen LogP contribution >= 0.6 is 0 Å². The van der Waals surface area contributed by atoms with E-state index in [1.807, 2.05) is 0 Å². The molecule has 0 N–H and O–H groups in total. The molecule has 0 bridgehead atoms. The lowest BCUT2D eigenvalue weighted by molar-refractivity contribution is 0.174. The highest BCUT2D eigenvalue weighted by molar-refractivity contribution is 5.47. The van der Waals surface area contributed by atoms with E-state index in [9.17, 15) is 0 Å². The van der Waals surface area contributed by atoms with Crippen LogP contribution in [0.2, 0.25) is 0 Å². The maximum atomic E-state index is 6.40. The molecular formula is C19H30O. The third kappa shape index (κ3) is 3.77. The number of hydrogen-bond donors (Lipinski definition) is 0. The number of fused-ring (bicyclic) bond motifs is 1. The zero-order chi connectivity index (χ0) is 14.4. The van der Waals surface area contributed by atoms with Crippen molar-refractivity contribution in [3.8, 4) is 5.75 Å². The van der Waals surface area contributed by atoms with Gasteiger partial charge in [0.1, 0.15) is 5.75 Å². The van der Waals surface area contributed by atoms with E-state index in [-0.39, 0.29) is 0 Å². The van der Waals surface area contributed by atoms with Gasteiger partial charge in [0.05, 0.1) is 6.10 Å². The first-order valence-electron chi connectivity index (χ1n) is 8.54. The second-order valence-electron chi connectivity index (χ2n) is 6.22. The minimum absolute atomic E-state index is 0.416. The molecule has 2 rings (SSSR count). The van der Waals surface area contributed by atoms with Crippen molar-refractivity contribution in [1.29, 1.82) is 0 Å². The molecule has 1 aliphatic carbocycles. The lowest BCUT2D eigenvalue weighted by Gasteiger charge is -2.21. The first-order chi connectivity index (χ1) is 9.76. The number of aryl methyl sites for hydroxylation is 1. The number of ether oxygens (including phenoxy) is 1. The standard InChI is InChI=1S/C19H30O/c1-4-6-7-10-16(9-5-2)20-19-14-13-15(3)17-11-8-12-18(17)19/h13-14,16H,4-12H2,1-3H3. The van der Waals surface area contributed by atoms with Crippen molar-refractivity contribution in [2.24, 2.45) is 0 Å². The predicted molar refractivity (Wildman–Crippen MR) is 86.7 cm³/mol. The Morgan fingerprint density at radius 3 is 2.55 bits per heavy atom. The summed E-state index contributed by atoms with van der Waals surface area (Å²) in [7, 11) is 0. The molecule has 0 heterocycles. The number of unbranched alkanes of at least 4 members (excludes halogenated alkanes) is 2. The van der Waals surface area contributed by atoms with Gasteiger partial charge in [-0.1, -0.05) is 39.2 Å². The van der Waals surface area contributed by atoms with E-state index in [2.05, 4.69) is 32.9 Å². The van der Waals surface area contributed by atoms with Crippen LogP contribution in [-0.4, -0.2) is 6.10 Å². The highest BCUT2D eigenvalue weighted by Crippen LogP contribution is 2.34. The molecule has 0 saturated carbocycles. The number of benzene rings is 1. The van der Waals surface area contributed by atoms with Crippen LogP contribution < -0.4 is 4.74 Å². The van der Waals surface area contributed by atoms with Crippen molar-refractivity contribution in [3.05, 3.63) is 28.8 Å². The molecule has 1 heteroatoms. The highest BCUT2D eigenvalue weighted by atomic mass is 16.5. The van der Waals surface area contributed by atoms with E-state index in [0.717, 1.165) is 0 Å². The quantitative estimate of drug-likeness (QED) is 0.560. The second-order valence-corrected chi connectivity index (χ2v) is 6.22. The fourth-order valence-electron chi connectivity index (χ4n) is 3.35. The maximum absolute atomic E-state index is 6.40. The fourth-order valence-corrected chi connectivity index (χ4v) is 3.35. The van der Waals surface area contributed by atoms with Crippen LogP contribution in [0.25, 0.3) is 0 Å². The van der Waals surface area contributed by atoms with E-state index in [1.54, 1.807) is 5.56 Å². The maximum Gasteiger partial charge on any atom is 0.123 e. The smallest absolute Gasteiger partial charge is 0.123 e. The predicted octanol–water partition coefficient (Wildman–Crippen LogP) is 5.61. The van der Waals surface area contributed by atoms with Gasteiger partial charge in [0, 0.05) is 0 Å². The third-order valence-electron chi connectivity index (χ3n) is 4.51. The molecule has 1 atom stereocenters. The highest BCUT2D eigenvalue weighted by Gasteiger charge is 2.19. The third-order valence-corrected chi connectivity index (χ3v) is 4.51. The molecule has 0 saturated heterocycles. The van der Waals surface area contributed by atoms with Gasteiger partial charge in [-0.3, -0.25) is 0 Å². The SMILES string of the molecule is CCCCCC(CCC)Oc1ccc(C)c2c1CCC2. The summed E-state index contributed by atoms with van der Waals surface area (Å²) in [5.74, 6) is 1.18. The molecule has 1 unspecified atom stereocenters. The zero-order valence-corrected chi connectivity index (χ0v) is 13.5. The molecule has 0 aliphatic heterocycles. The Morgan fingerprint density at radius 2 is 1.80 bits per heavy atom. The molecule has 0 spiro atoms. The molecule has 0 fully saturated rings. The minimum Gasteiger partial charge on any atom is -0.490 e. The van der Waals surface area contributed by atoms with Crippen molar-refractivity contribution in [2.45, 2.75) is 84.7 Å². The van der Waals surface area contributed by atoms with Crippen molar-refractivity contribution >= 4 is 0 Å². The van der Waals surface area contributed by atoms with Crippen LogP contribution in [-0.2, 0) is 12.8 Å². The summed E-state index contributed by atoms with van der Waals surface area (Å²) < 4.78 is 6.40. The van der Waals surface area contributed by atoms with E-state index in [4.69, 9.17) is 4.74 Å². The minimum atomic E-state index is 0.416. The Labute approximate surface area is 124 Å². The Balaban J connectivity index is 2.04. The van der Waals surface area contributed by atoms with E-state index in [0.29, 0.717) is 6.10 Å². The molecule has 1 aromatic carbocycles. The molecule has 1 aromatic rings. The van der Waals surface area contributed by atoms with Gasteiger partial charge in [0.15, 0.2) is 0 Å². The average molecular weight is 274 g/mol. The molecule has 20 heavy (non-hydrogen) atoms. The van der Waals surface area contributed by atoms with E-state index < -0.39 is 0 Å². The second kappa shape index (κ2) is 7.71. The van der Waals surface area contributed by atoms with Gasteiger partial charge in [-0.05, 0) is 68.2 Å². The fraction of sp³-hybridized carbons (Fsp3) is 0.684. The van der Waals surface area contributed by atoms with Gasteiger partial charge in [0.2, 0.25) is 0 Å². The molecule has 0 amide bonds. The van der Waals surface area contributed by atoms with Gasteiger partial charge >= 0.3 is 0 Å². The van der Waals surface area contributed by atoms with Crippen LogP contribution in [0.3, 0.4) is 0 Å². The summed E-state index contributed by atoms with van der Waals surface area (Å²) in [4.78, 5) is 0. The van der Waals surface area contributed by atoms with Gasteiger partial charge in [0.25, 0.3) is 0 Å². The molecule has 0 aromatic heterocycles. The summed E-state index contributed by atoms with van der Waals surface area (Å²) in [6.45, 7) is 6.76. The van der Waals surface area contributed by atoms with Crippen LogP contribution in [0.5, 0.6) is 5.75 Å². The molecule has 1 nitrogen and oxygen atoms in total. The molecule has 1 aliphatic rings. The Hall–Kier alpha value is -0.980. The number of hydrogen-bond acceptors (Lipinski definition) is 1. The van der Waals surface area contributed by atoms with Crippen LogP contribution in [0, 0.1) is 6.92 Å². The largest absolute Gasteiger partial charge is 0.490 e. The van der Waals surface area contributed by atoms with E-state index >= 15 is 0 Å². The van der Waals surface area contributed by atoms with Gasteiger partial charge in [-0.2, -0.15) is 0 Å². The topological polar surface area (TPSA) is 9.23 Å².